The average molecular weight is 224 g/mol. The molecule has 0 fully saturated rings. The normalized spacial score (nSPS) is 11.8. The third kappa shape index (κ3) is 5.24. The van der Waals surface area contributed by atoms with Crippen molar-refractivity contribution in [2.24, 2.45) is 0 Å². The van der Waals surface area contributed by atoms with E-state index in [1.165, 1.54) is 16.7 Å². The predicted octanol–water partition coefficient (Wildman–Crippen LogP) is 3.31. The fraction of sp³-hybridized carbons (Fsp3) is 0.538. The molecule has 0 heterocycles. The molecule has 1 nitrogen and oxygen atoms in total. The molecule has 84 valence electrons. The van der Waals surface area contributed by atoms with Crippen LogP contribution in [0.4, 0.5) is 0 Å². The summed E-state index contributed by atoms with van der Waals surface area (Å²) in [6, 6.07) is 6.61. The maximum absolute atomic E-state index is 9.58. The molecule has 0 saturated heterocycles. The van der Waals surface area contributed by atoms with Crippen molar-refractivity contribution in [3.8, 4) is 0 Å². The SMILES string of the molecule is Cc1cc(C)cc(CSCC(C)(C)O)c1. The van der Waals surface area contributed by atoms with E-state index in [0.29, 0.717) is 0 Å². The van der Waals surface area contributed by atoms with Crippen molar-refractivity contribution in [2.45, 2.75) is 39.0 Å². The predicted molar refractivity (Wildman–Crippen MR) is 68.4 cm³/mol. The van der Waals surface area contributed by atoms with Crippen molar-refractivity contribution in [2.75, 3.05) is 5.75 Å². The Morgan fingerprint density at radius 3 is 2.13 bits per heavy atom. The molecule has 0 amide bonds. The van der Waals surface area contributed by atoms with Gasteiger partial charge in [-0.3, -0.25) is 0 Å². The second-order valence-electron chi connectivity index (χ2n) is 4.80. The zero-order chi connectivity index (χ0) is 11.5. The summed E-state index contributed by atoms with van der Waals surface area (Å²) >= 11 is 1.78. The van der Waals surface area contributed by atoms with Gasteiger partial charge in [0.05, 0.1) is 5.60 Å². The lowest BCUT2D eigenvalue weighted by molar-refractivity contribution is 0.107. The molecule has 0 spiro atoms. The summed E-state index contributed by atoms with van der Waals surface area (Å²) in [7, 11) is 0. The molecule has 0 aliphatic carbocycles. The maximum Gasteiger partial charge on any atom is 0.0681 e. The molecule has 1 aromatic carbocycles. The average Bonchev–Trinajstić information content (AvgIpc) is 1.99. The number of thioether (sulfide) groups is 1. The van der Waals surface area contributed by atoms with Crippen LogP contribution in [0.5, 0.6) is 0 Å². The van der Waals surface area contributed by atoms with Crippen LogP contribution < -0.4 is 0 Å². The molecule has 0 bridgehead atoms. The molecule has 0 unspecified atom stereocenters. The molecule has 0 saturated carbocycles. The van der Waals surface area contributed by atoms with E-state index < -0.39 is 5.60 Å². The lowest BCUT2D eigenvalue weighted by Gasteiger charge is -2.16. The van der Waals surface area contributed by atoms with Crippen LogP contribution >= 0.6 is 11.8 Å². The van der Waals surface area contributed by atoms with E-state index in [1.54, 1.807) is 11.8 Å². The first-order valence-corrected chi connectivity index (χ1v) is 6.39. The highest BCUT2D eigenvalue weighted by atomic mass is 32.2. The van der Waals surface area contributed by atoms with Crippen LogP contribution in [0.2, 0.25) is 0 Å². The Morgan fingerprint density at radius 1 is 1.13 bits per heavy atom. The number of aryl methyl sites for hydroxylation is 2. The molecule has 0 aliphatic rings. The molecular weight excluding hydrogens is 204 g/mol. The van der Waals surface area contributed by atoms with Gasteiger partial charge in [0, 0.05) is 11.5 Å². The molecule has 15 heavy (non-hydrogen) atoms. The standard InChI is InChI=1S/C13H20OS/c1-10-5-11(2)7-12(6-10)8-15-9-13(3,4)14/h5-7,14H,8-9H2,1-4H3. The molecule has 0 aliphatic heterocycles. The van der Waals surface area contributed by atoms with Crippen LogP contribution in [0.25, 0.3) is 0 Å². The lowest BCUT2D eigenvalue weighted by Crippen LogP contribution is -2.21. The smallest absolute Gasteiger partial charge is 0.0681 e. The number of hydrogen-bond donors (Lipinski definition) is 1. The number of aliphatic hydroxyl groups is 1. The van der Waals surface area contributed by atoms with E-state index >= 15 is 0 Å². The molecule has 1 N–H and O–H groups in total. The minimum Gasteiger partial charge on any atom is -0.390 e. The van der Waals surface area contributed by atoms with Gasteiger partial charge in [0.1, 0.15) is 0 Å². The highest BCUT2D eigenvalue weighted by molar-refractivity contribution is 7.98. The summed E-state index contributed by atoms with van der Waals surface area (Å²) in [5.74, 6) is 1.76. The van der Waals surface area contributed by atoms with Gasteiger partial charge in [0.15, 0.2) is 0 Å². The summed E-state index contributed by atoms with van der Waals surface area (Å²) in [5.41, 5.74) is 3.41. The summed E-state index contributed by atoms with van der Waals surface area (Å²) in [5, 5.41) is 9.58. The summed E-state index contributed by atoms with van der Waals surface area (Å²) in [4.78, 5) is 0. The van der Waals surface area contributed by atoms with Gasteiger partial charge in [-0.25, -0.2) is 0 Å². The topological polar surface area (TPSA) is 20.2 Å². The summed E-state index contributed by atoms with van der Waals surface area (Å²) < 4.78 is 0. The van der Waals surface area contributed by atoms with Gasteiger partial charge in [-0.05, 0) is 33.3 Å². The number of benzene rings is 1. The summed E-state index contributed by atoms with van der Waals surface area (Å²) in [6.45, 7) is 7.94. The molecule has 1 aromatic rings. The van der Waals surface area contributed by atoms with Crippen LogP contribution in [0, 0.1) is 13.8 Å². The fourth-order valence-corrected chi connectivity index (χ4v) is 2.57. The first kappa shape index (κ1) is 12.6. The third-order valence-corrected chi connectivity index (χ3v) is 3.45. The van der Waals surface area contributed by atoms with E-state index in [0.717, 1.165) is 11.5 Å². The van der Waals surface area contributed by atoms with Gasteiger partial charge in [0.2, 0.25) is 0 Å². The Morgan fingerprint density at radius 2 is 1.67 bits per heavy atom. The summed E-state index contributed by atoms with van der Waals surface area (Å²) in [6.07, 6.45) is 0. The van der Waals surface area contributed by atoms with Gasteiger partial charge in [-0.2, -0.15) is 11.8 Å². The number of rotatable bonds is 4. The molecule has 2 heteroatoms. The highest BCUT2D eigenvalue weighted by Gasteiger charge is 2.11. The van der Waals surface area contributed by atoms with Crippen molar-refractivity contribution in [3.05, 3.63) is 34.9 Å². The Balaban J connectivity index is 2.51. The van der Waals surface area contributed by atoms with Crippen LogP contribution in [-0.4, -0.2) is 16.5 Å². The van der Waals surface area contributed by atoms with Crippen LogP contribution in [0.15, 0.2) is 18.2 Å². The lowest BCUT2D eigenvalue weighted by atomic mass is 10.1. The van der Waals surface area contributed by atoms with E-state index in [2.05, 4.69) is 32.0 Å². The first-order chi connectivity index (χ1) is 6.87. The largest absolute Gasteiger partial charge is 0.390 e. The molecular formula is C13H20OS. The van der Waals surface area contributed by atoms with Gasteiger partial charge in [0.25, 0.3) is 0 Å². The maximum atomic E-state index is 9.58. The first-order valence-electron chi connectivity index (χ1n) is 5.24. The highest BCUT2D eigenvalue weighted by Crippen LogP contribution is 2.19. The van der Waals surface area contributed by atoms with Gasteiger partial charge >= 0.3 is 0 Å². The minimum atomic E-state index is -0.566. The number of hydrogen-bond acceptors (Lipinski definition) is 2. The third-order valence-electron chi connectivity index (χ3n) is 2.01. The molecule has 1 rings (SSSR count). The molecule has 0 aromatic heterocycles. The quantitative estimate of drug-likeness (QED) is 0.846. The second kappa shape index (κ2) is 5.04. The molecule has 0 radical (unpaired) electrons. The van der Waals surface area contributed by atoms with E-state index in [9.17, 15) is 5.11 Å². The Hall–Kier alpha value is -0.470. The Bertz CT molecular complexity index is 306. The van der Waals surface area contributed by atoms with E-state index in [1.807, 2.05) is 13.8 Å². The second-order valence-corrected chi connectivity index (χ2v) is 5.79. The van der Waals surface area contributed by atoms with Gasteiger partial charge in [-0.1, -0.05) is 29.3 Å². The Labute approximate surface area is 96.9 Å². The van der Waals surface area contributed by atoms with Gasteiger partial charge in [-0.15, -0.1) is 0 Å². The van der Waals surface area contributed by atoms with Crippen molar-refractivity contribution in [1.82, 2.24) is 0 Å². The molecule has 0 atom stereocenters. The van der Waals surface area contributed by atoms with Crippen molar-refractivity contribution in [1.29, 1.82) is 0 Å². The van der Waals surface area contributed by atoms with Crippen LogP contribution in [0.1, 0.15) is 30.5 Å². The zero-order valence-electron chi connectivity index (χ0n) is 10.0. The van der Waals surface area contributed by atoms with Crippen LogP contribution in [0.3, 0.4) is 0 Å². The van der Waals surface area contributed by atoms with E-state index in [4.69, 9.17) is 0 Å². The van der Waals surface area contributed by atoms with Crippen molar-refractivity contribution >= 4 is 11.8 Å². The van der Waals surface area contributed by atoms with Gasteiger partial charge < -0.3 is 5.11 Å². The monoisotopic (exact) mass is 224 g/mol. The van der Waals surface area contributed by atoms with Crippen LogP contribution in [-0.2, 0) is 5.75 Å². The minimum absolute atomic E-state index is 0.566. The Kier molecular flexibility index (Phi) is 4.23. The zero-order valence-corrected chi connectivity index (χ0v) is 10.8. The fourth-order valence-electron chi connectivity index (χ4n) is 1.57. The van der Waals surface area contributed by atoms with Crippen molar-refractivity contribution in [3.63, 3.8) is 0 Å². The van der Waals surface area contributed by atoms with Crippen molar-refractivity contribution < 1.29 is 5.11 Å². The van der Waals surface area contributed by atoms with E-state index in [-0.39, 0.29) is 0 Å².